The molecule has 2 unspecified atom stereocenters. The molecule has 0 spiro atoms. The molecule has 1 aromatic rings. The van der Waals surface area contributed by atoms with Crippen LogP contribution in [0.4, 0.5) is 4.39 Å². The maximum Gasteiger partial charge on any atom is 0.157 e. The van der Waals surface area contributed by atoms with Gasteiger partial charge < -0.3 is 5.73 Å². The molecule has 0 heterocycles. The lowest BCUT2D eigenvalue weighted by Gasteiger charge is -2.35. The molecule has 0 aromatic heterocycles. The average molecular weight is 328 g/mol. The number of halogens is 2. The van der Waals surface area contributed by atoms with Crippen molar-refractivity contribution < 1.29 is 9.18 Å². The van der Waals surface area contributed by atoms with Gasteiger partial charge >= 0.3 is 0 Å². The highest BCUT2D eigenvalue weighted by molar-refractivity contribution is 9.10. The van der Waals surface area contributed by atoms with Crippen molar-refractivity contribution in [2.75, 3.05) is 0 Å². The van der Waals surface area contributed by atoms with Gasteiger partial charge in [-0.25, -0.2) is 4.39 Å². The topological polar surface area (TPSA) is 43.1 Å². The first-order valence-corrected chi connectivity index (χ1v) is 7.46. The Morgan fingerprint density at radius 2 is 2.32 bits per heavy atom. The van der Waals surface area contributed by atoms with E-state index in [0.717, 1.165) is 31.2 Å². The predicted molar refractivity (Wildman–Crippen MR) is 77.4 cm³/mol. The minimum Gasteiger partial charge on any atom is -0.319 e. The van der Waals surface area contributed by atoms with E-state index in [2.05, 4.69) is 22.9 Å². The van der Waals surface area contributed by atoms with E-state index < -0.39 is 5.54 Å². The summed E-state index contributed by atoms with van der Waals surface area (Å²) >= 11 is 3.30. The van der Waals surface area contributed by atoms with Crippen LogP contribution in [0.1, 0.15) is 38.2 Å². The summed E-state index contributed by atoms with van der Waals surface area (Å²) in [7, 11) is 0. The third-order valence-electron chi connectivity index (χ3n) is 3.95. The van der Waals surface area contributed by atoms with Crippen LogP contribution in [0.2, 0.25) is 0 Å². The number of benzene rings is 1. The quantitative estimate of drug-likeness (QED) is 0.921. The third kappa shape index (κ3) is 3.42. The van der Waals surface area contributed by atoms with Gasteiger partial charge in [0.05, 0.1) is 5.54 Å². The Labute approximate surface area is 121 Å². The summed E-state index contributed by atoms with van der Waals surface area (Å²) in [6.07, 6.45) is 3.93. The first kappa shape index (κ1) is 14.7. The molecule has 2 rings (SSSR count). The van der Waals surface area contributed by atoms with E-state index in [1.807, 2.05) is 0 Å². The zero-order valence-corrected chi connectivity index (χ0v) is 12.7. The molecule has 1 aliphatic carbocycles. The SMILES string of the molecule is CC1CCCC(N)(C(=O)Cc2ccc(F)cc2Br)C1. The number of carbonyl (C=O) groups excluding carboxylic acids is 1. The smallest absolute Gasteiger partial charge is 0.157 e. The molecule has 1 aromatic carbocycles. The highest BCUT2D eigenvalue weighted by Gasteiger charge is 2.37. The molecule has 0 amide bonds. The maximum atomic E-state index is 13.0. The van der Waals surface area contributed by atoms with Gasteiger partial charge in [0.25, 0.3) is 0 Å². The van der Waals surface area contributed by atoms with E-state index in [1.54, 1.807) is 6.07 Å². The number of hydrogen-bond acceptors (Lipinski definition) is 2. The second-order valence-corrected chi connectivity index (χ2v) is 6.55. The molecule has 0 aliphatic heterocycles. The van der Waals surface area contributed by atoms with Crippen LogP contribution in [-0.4, -0.2) is 11.3 Å². The van der Waals surface area contributed by atoms with Gasteiger partial charge in [0.1, 0.15) is 5.82 Å². The third-order valence-corrected chi connectivity index (χ3v) is 4.69. The molecule has 1 fully saturated rings. The van der Waals surface area contributed by atoms with Crippen molar-refractivity contribution in [1.29, 1.82) is 0 Å². The molecule has 19 heavy (non-hydrogen) atoms. The van der Waals surface area contributed by atoms with E-state index in [1.165, 1.54) is 12.1 Å². The van der Waals surface area contributed by atoms with Gasteiger partial charge in [-0.2, -0.15) is 0 Å². The van der Waals surface area contributed by atoms with Crippen molar-refractivity contribution in [1.82, 2.24) is 0 Å². The van der Waals surface area contributed by atoms with Gasteiger partial charge in [0.15, 0.2) is 5.78 Å². The molecule has 2 N–H and O–H groups in total. The van der Waals surface area contributed by atoms with E-state index in [9.17, 15) is 9.18 Å². The second-order valence-electron chi connectivity index (χ2n) is 5.69. The minimum atomic E-state index is -0.703. The van der Waals surface area contributed by atoms with Crippen LogP contribution in [0.5, 0.6) is 0 Å². The van der Waals surface area contributed by atoms with Crippen LogP contribution in [-0.2, 0) is 11.2 Å². The van der Waals surface area contributed by atoms with Crippen LogP contribution in [0, 0.1) is 11.7 Å². The predicted octanol–water partition coefficient (Wildman–Crippen LogP) is 3.61. The van der Waals surface area contributed by atoms with Gasteiger partial charge in [0.2, 0.25) is 0 Å². The minimum absolute atomic E-state index is 0.0614. The second kappa shape index (κ2) is 5.71. The molecule has 104 valence electrons. The van der Waals surface area contributed by atoms with Gasteiger partial charge in [-0.05, 0) is 36.5 Å². The maximum absolute atomic E-state index is 13.0. The fourth-order valence-electron chi connectivity index (χ4n) is 2.86. The summed E-state index contributed by atoms with van der Waals surface area (Å²) in [6, 6.07) is 4.41. The Kier molecular flexibility index (Phi) is 4.41. The molecule has 2 atom stereocenters. The number of hydrogen-bond donors (Lipinski definition) is 1. The number of ketones is 1. The fraction of sp³-hybridized carbons (Fsp3) is 0.533. The monoisotopic (exact) mass is 327 g/mol. The molecule has 1 aliphatic rings. The molecule has 2 nitrogen and oxygen atoms in total. The lowest BCUT2D eigenvalue weighted by atomic mass is 9.73. The summed E-state index contributed by atoms with van der Waals surface area (Å²) < 4.78 is 13.7. The van der Waals surface area contributed by atoms with E-state index in [4.69, 9.17) is 5.73 Å². The van der Waals surface area contributed by atoms with E-state index in [0.29, 0.717) is 10.4 Å². The molecule has 0 radical (unpaired) electrons. The normalized spacial score (nSPS) is 27.3. The van der Waals surface area contributed by atoms with Gasteiger partial charge in [-0.3, -0.25) is 4.79 Å². The molecule has 1 saturated carbocycles. The number of carbonyl (C=O) groups is 1. The lowest BCUT2D eigenvalue weighted by Crippen LogP contribution is -2.51. The van der Waals surface area contributed by atoms with Crippen molar-refractivity contribution in [3.05, 3.63) is 34.1 Å². The Balaban J connectivity index is 2.12. The number of nitrogens with two attached hydrogens (primary N) is 1. The Morgan fingerprint density at radius 1 is 1.58 bits per heavy atom. The first-order valence-electron chi connectivity index (χ1n) is 6.67. The summed E-state index contributed by atoms with van der Waals surface area (Å²) in [5, 5.41) is 0. The highest BCUT2D eigenvalue weighted by atomic mass is 79.9. The highest BCUT2D eigenvalue weighted by Crippen LogP contribution is 2.32. The average Bonchev–Trinajstić information content (AvgIpc) is 2.32. The fourth-order valence-corrected chi connectivity index (χ4v) is 3.35. The van der Waals surface area contributed by atoms with Crippen LogP contribution < -0.4 is 5.73 Å². The van der Waals surface area contributed by atoms with Crippen molar-refractivity contribution in [2.45, 2.75) is 44.6 Å². The van der Waals surface area contributed by atoms with E-state index >= 15 is 0 Å². The van der Waals surface area contributed by atoms with Gasteiger partial charge in [-0.1, -0.05) is 41.8 Å². The molecular weight excluding hydrogens is 309 g/mol. The van der Waals surface area contributed by atoms with E-state index in [-0.39, 0.29) is 18.0 Å². The van der Waals surface area contributed by atoms with Crippen molar-refractivity contribution in [3.8, 4) is 0 Å². The molecule has 4 heteroatoms. The standard InChI is InChI=1S/C15H19BrFNO/c1-10-3-2-6-15(18,9-10)14(19)7-11-4-5-12(17)8-13(11)16/h4-5,8,10H,2-3,6-7,9,18H2,1H3. The first-order chi connectivity index (χ1) is 8.90. The Hall–Kier alpha value is -0.740. The van der Waals surface area contributed by atoms with Gasteiger partial charge in [0, 0.05) is 10.9 Å². The van der Waals surface area contributed by atoms with Crippen LogP contribution in [0.25, 0.3) is 0 Å². The van der Waals surface area contributed by atoms with Gasteiger partial charge in [-0.15, -0.1) is 0 Å². The Bertz CT molecular complexity index is 491. The number of Topliss-reactive ketones (excluding diaryl/α,β-unsaturated/α-hetero) is 1. The summed E-state index contributed by atoms with van der Waals surface area (Å²) in [5.74, 6) is 0.252. The lowest BCUT2D eigenvalue weighted by molar-refractivity contribution is -0.125. The Morgan fingerprint density at radius 3 is 2.95 bits per heavy atom. The van der Waals surface area contributed by atoms with Crippen molar-refractivity contribution in [3.63, 3.8) is 0 Å². The molecule has 0 saturated heterocycles. The summed E-state index contributed by atoms with van der Waals surface area (Å²) in [6.45, 7) is 2.14. The largest absolute Gasteiger partial charge is 0.319 e. The van der Waals surface area contributed by atoms with Crippen LogP contribution in [0.15, 0.2) is 22.7 Å². The van der Waals surface area contributed by atoms with Crippen molar-refractivity contribution >= 4 is 21.7 Å². The van der Waals surface area contributed by atoms with Crippen LogP contribution >= 0.6 is 15.9 Å². The summed E-state index contributed by atoms with van der Waals surface area (Å²) in [5.41, 5.74) is 6.38. The zero-order chi connectivity index (χ0) is 14.0. The number of rotatable bonds is 3. The van der Waals surface area contributed by atoms with Crippen molar-refractivity contribution in [2.24, 2.45) is 11.7 Å². The molecular formula is C15H19BrFNO. The van der Waals surface area contributed by atoms with Crippen LogP contribution in [0.3, 0.4) is 0 Å². The zero-order valence-electron chi connectivity index (χ0n) is 11.1. The molecule has 0 bridgehead atoms. The summed E-state index contributed by atoms with van der Waals surface area (Å²) in [4.78, 5) is 12.4.